The number of likely N-dealkylation sites (tertiary alicyclic amines) is 1. The lowest BCUT2D eigenvalue weighted by molar-refractivity contribution is 0.0754. The molecule has 6 heteroatoms. The Morgan fingerprint density at radius 2 is 1.85 bits per heavy atom. The van der Waals surface area contributed by atoms with Gasteiger partial charge in [0, 0.05) is 36.7 Å². The highest BCUT2D eigenvalue weighted by Crippen LogP contribution is 2.18. The molecule has 0 unspecified atom stereocenters. The van der Waals surface area contributed by atoms with Gasteiger partial charge in [-0.25, -0.2) is 0 Å². The van der Waals surface area contributed by atoms with E-state index < -0.39 is 0 Å². The Labute approximate surface area is 159 Å². The van der Waals surface area contributed by atoms with Crippen molar-refractivity contribution in [3.8, 4) is 0 Å². The van der Waals surface area contributed by atoms with E-state index in [1.165, 1.54) is 23.8 Å². The van der Waals surface area contributed by atoms with E-state index in [1.54, 1.807) is 6.07 Å². The molecule has 1 saturated heterocycles. The molecule has 2 N–H and O–H groups in total. The summed E-state index contributed by atoms with van der Waals surface area (Å²) in [6.45, 7) is 2.41. The first-order valence-electron chi connectivity index (χ1n) is 9.73. The Kier molecular flexibility index (Phi) is 5.32. The summed E-state index contributed by atoms with van der Waals surface area (Å²) in [6.07, 6.45) is 7.50. The summed E-state index contributed by atoms with van der Waals surface area (Å²) in [4.78, 5) is 17.8. The van der Waals surface area contributed by atoms with E-state index in [2.05, 4.69) is 44.9 Å². The first-order chi connectivity index (χ1) is 13.3. The van der Waals surface area contributed by atoms with Crippen molar-refractivity contribution in [1.29, 1.82) is 0 Å². The molecule has 0 radical (unpaired) electrons. The number of anilines is 1. The van der Waals surface area contributed by atoms with Crippen LogP contribution in [0.2, 0.25) is 0 Å². The molecule has 0 spiro atoms. The number of H-pyrrole nitrogens is 1. The average Bonchev–Trinajstić information content (AvgIpc) is 2.93. The van der Waals surface area contributed by atoms with Crippen molar-refractivity contribution in [3.05, 3.63) is 53.9 Å². The van der Waals surface area contributed by atoms with E-state index >= 15 is 0 Å². The molecule has 3 aromatic rings. The van der Waals surface area contributed by atoms with Crippen molar-refractivity contribution in [2.45, 2.75) is 32.1 Å². The third kappa shape index (κ3) is 4.10. The van der Waals surface area contributed by atoms with Crippen LogP contribution in [-0.4, -0.2) is 45.6 Å². The highest BCUT2D eigenvalue weighted by Gasteiger charge is 2.18. The minimum Gasteiger partial charge on any atom is -0.368 e. The molecule has 3 heterocycles. The summed E-state index contributed by atoms with van der Waals surface area (Å²) in [5.41, 5.74) is 2.86. The highest BCUT2D eigenvalue weighted by molar-refractivity contribution is 5.92. The Hall–Kier alpha value is -2.89. The molecule has 1 aliphatic rings. The van der Waals surface area contributed by atoms with Crippen LogP contribution in [0.1, 0.15) is 41.7 Å². The van der Waals surface area contributed by atoms with Crippen LogP contribution in [0.4, 0.5) is 5.82 Å². The monoisotopic (exact) mass is 363 g/mol. The molecule has 0 bridgehead atoms. The maximum Gasteiger partial charge on any atom is 0.274 e. The summed E-state index contributed by atoms with van der Waals surface area (Å²) >= 11 is 0. The van der Waals surface area contributed by atoms with Crippen LogP contribution in [0.15, 0.2) is 42.6 Å². The number of nitrogens with one attached hydrogen (secondary N) is 2. The predicted molar refractivity (Wildman–Crippen MR) is 107 cm³/mol. The van der Waals surface area contributed by atoms with Gasteiger partial charge in [-0.15, -0.1) is 10.2 Å². The first-order valence-corrected chi connectivity index (χ1v) is 9.73. The van der Waals surface area contributed by atoms with Gasteiger partial charge in [-0.05, 0) is 43.0 Å². The van der Waals surface area contributed by atoms with Crippen LogP contribution in [0.5, 0.6) is 0 Å². The van der Waals surface area contributed by atoms with Crippen molar-refractivity contribution in [2.75, 3.05) is 25.0 Å². The van der Waals surface area contributed by atoms with Crippen molar-refractivity contribution in [2.24, 2.45) is 0 Å². The number of benzene rings is 1. The van der Waals surface area contributed by atoms with Crippen molar-refractivity contribution >= 4 is 22.6 Å². The van der Waals surface area contributed by atoms with E-state index in [9.17, 15) is 4.79 Å². The topological polar surface area (TPSA) is 73.9 Å². The number of carbonyl (C=O) groups excluding carboxylic acids is 1. The number of aromatic amines is 1. The van der Waals surface area contributed by atoms with Crippen molar-refractivity contribution in [1.82, 2.24) is 20.1 Å². The van der Waals surface area contributed by atoms with E-state index in [0.29, 0.717) is 11.5 Å². The zero-order chi connectivity index (χ0) is 18.5. The smallest absolute Gasteiger partial charge is 0.274 e. The first kappa shape index (κ1) is 17.5. The van der Waals surface area contributed by atoms with Gasteiger partial charge in [0.05, 0.1) is 0 Å². The summed E-state index contributed by atoms with van der Waals surface area (Å²) in [5.74, 6) is 0.692. The quantitative estimate of drug-likeness (QED) is 0.726. The lowest BCUT2D eigenvalue weighted by Crippen LogP contribution is -2.32. The minimum atomic E-state index is -0.00487. The van der Waals surface area contributed by atoms with Crippen LogP contribution >= 0.6 is 0 Å². The molecular formula is C21H25N5O. The van der Waals surface area contributed by atoms with Crippen molar-refractivity contribution < 1.29 is 4.79 Å². The number of aromatic nitrogens is 3. The van der Waals surface area contributed by atoms with Gasteiger partial charge in [-0.2, -0.15) is 0 Å². The van der Waals surface area contributed by atoms with E-state index in [0.717, 1.165) is 44.4 Å². The van der Waals surface area contributed by atoms with Gasteiger partial charge in [-0.3, -0.25) is 4.79 Å². The second-order valence-corrected chi connectivity index (χ2v) is 7.05. The van der Waals surface area contributed by atoms with Gasteiger partial charge in [0.25, 0.3) is 5.91 Å². The fourth-order valence-electron chi connectivity index (χ4n) is 3.64. The molecule has 140 valence electrons. The molecule has 2 aromatic heterocycles. The highest BCUT2D eigenvalue weighted by atomic mass is 16.2. The SMILES string of the molecule is O=C(c1ccc(NCCc2c[nH]c3ccccc23)nn1)N1CCCCCC1. The fourth-order valence-corrected chi connectivity index (χ4v) is 3.64. The largest absolute Gasteiger partial charge is 0.368 e. The average molecular weight is 363 g/mol. The molecule has 27 heavy (non-hydrogen) atoms. The van der Waals surface area contributed by atoms with Gasteiger partial charge < -0.3 is 15.2 Å². The number of hydrogen-bond donors (Lipinski definition) is 2. The number of amides is 1. The van der Waals surface area contributed by atoms with E-state index in [1.807, 2.05) is 17.0 Å². The number of carbonyl (C=O) groups is 1. The Bertz CT molecular complexity index is 894. The lowest BCUT2D eigenvalue weighted by Gasteiger charge is -2.19. The second kappa shape index (κ2) is 8.20. The zero-order valence-corrected chi connectivity index (χ0v) is 15.4. The predicted octanol–water partition coefficient (Wildman–Crippen LogP) is 3.63. The molecule has 1 aromatic carbocycles. The van der Waals surface area contributed by atoms with Crippen LogP contribution in [-0.2, 0) is 6.42 Å². The third-order valence-corrected chi connectivity index (χ3v) is 5.15. The Morgan fingerprint density at radius 3 is 2.63 bits per heavy atom. The van der Waals surface area contributed by atoms with Crippen LogP contribution in [0.25, 0.3) is 10.9 Å². The summed E-state index contributed by atoms with van der Waals surface area (Å²) < 4.78 is 0. The fraction of sp³-hybridized carbons (Fsp3) is 0.381. The molecule has 1 amide bonds. The van der Waals surface area contributed by atoms with Crippen molar-refractivity contribution in [3.63, 3.8) is 0 Å². The molecule has 1 fully saturated rings. The minimum absolute atomic E-state index is 0.00487. The summed E-state index contributed by atoms with van der Waals surface area (Å²) in [5, 5.41) is 12.9. The number of nitrogens with zero attached hydrogens (tertiary/aromatic N) is 3. The number of rotatable bonds is 5. The molecule has 6 nitrogen and oxygen atoms in total. The number of fused-ring (bicyclic) bond motifs is 1. The third-order valence-electron chi connectivity index (χ3n) is 5.15. The van der Waals surface area contributed by atoms with Gasteiger partial charge in [0.1, 0.15) is 5.82 Å². The Balaban J connectivity index is 1.33. The van der Waals surface area contributed by atoms with Crippen LogP contribution in [0.3, 0.4) is 0 Å². The van der Waals surface area contributed by atoms with Gasteiger partial charge >= 0.3 is 0 Å². The summed E-state index contributed by atoms with van der Waals surface area (Å²) in [6, 6.07) is 11.9. The zero-order valence-electron chi connectivity index (χ0n) is 15.4. The molecule has 0 aliphatic carbocycles. The lowest BCUT2D eigenvalue weighted by atomic mass is 10.1. The van der Waals surface area contributed by atoms with Crippen LogP contribution in [0, 0.1) is 0 Å². The maximum atomic E-state index is 12.6. The van der Waals surface area contributed by atoms with Gasteiger partial charge in [-0.1, -0.05) is 31.0 Å². The molecule has 4 rings (SSSR count). The molecule has 0 atom stereocenters. The number of hydrogen-bond acceptors (Lipinski definition) is 4. The second-order valence-electron chi connectivity index (χ2n) is 7.05. The van der Waals surface area contributed by atoms with Gasteiger partial charge in [0.2, 0.25) is 0 Å². The Morgan fingerprint density at radius 1 is 1.04 bits per heavy atom. The maximum absolute atomic E-state index is 12.6. The summed E-state index contributed by atoms with van der Waals surface area (Å²) in [7, 11) is 0. The van der Waals surface area contributed by atoms with Gasteiger partial charge in [0.15, 0.2) is 5.69 Å². The van der Waals surface area contributed by atoms with E-state index in [-0.39, 0.29) is 5.91 Å². The normalized spacial score (nSPS) is 14.9. The van der Waals surface area contributed by atoms with Crippen LogP contribution < -0.4 is 5.32 Å². The van der Waals surface area contributed by atoms with E-state index in [4.69, 9.17) is 0 Å². The number of para-hydroxylation sites is 1. The molecule has 0 saturated carbocycles. The molecular weight excluding hydrogens is 338 g/mol. The standard InChI is InChI=1S/C21H25N5O/c27-21(26-13-5-1-2-6-14-26)19-9-10-20(25-24-19)22-12-11-16-15-23-18-8-4-3-7-17(16)18/h3-4,7-10,15,23H,1-2,5-6,11-14H2,(H,22,25). The molecule has 1 aliphatic heterocycles.